The van der Waals surface area contributed by atoms with Gasteiger partial charge in [-0.15, -0.1) is 0 Å². The van der Waals surface area contributed by atoms with E-state index < -0.39 is 9.71 Å². The molecular formula is C10H9IO2. The highest BCUT2D eigenvalue weighted by Gasteiger charge is 2.36. The first-order valence-corrected chi connectivity index (χ1v) is 5.07. The fraction of sp³-hybridized carbons (Fsp3) is 0.200. The molecule has 0 radical (unpaired) electrons. The van der Waals surface area contributed by atoms with Crippen LogP contribution >= 0.6 is 22.6 Å². The molecule has 2 unspecified atom stereocenters. The maximum absolute atomic E-state index is 9.98. The lowest BCUT2D eigenvalue weighted by Gasteiger charge is -2.30. The van der Waals surface area contributed by atoms with Crippen LogP contribution in [-0.4, -0.2) is 16.3 Å². The lowest BCUT2D eigenvalue weighted by atomic mass is 9.93. The van der Waals surface area contributed by atoms with Gasteiger partial charge in [-0.2, -0.15) is 0 Å². The van der Waals surface area contributed by atoms with Crippen molar-refractivity contribution in [1.29, 1.82) is 0 Å². The molecular weight excluding hydrogens is 279 g/mol. The summed E-state index contributed by atoms with van der Waals surface area (Å²) in [5.41, 5.74) is 1.73. The second-order valence-corrected chi connectivity index (χ2v) is 4.71. The highest BCUT2D eigenvalue weighted by atomic mass is 127. The van der Waals surface area contributed by atoms with Crippen molar-refractivity contribution >= 4 is 28.7 Å². The topological polar surface area (TPSA) is 40.5 Å². The molecule has 0 spiro atoms. The predicted molar refractivity (Wildman–Crippen MR) is 59.4 cm³/mol. The van der Waals surface area contributed by atoms with E-state index in [-0.39, 0.29) is 0 Å². The first-order valence-electron chi connectivity index (χ1n) is 3.99. The molecule has 2 atom stereocenters. The van der Waals surface area contributed by atoms with Gasteiger partial charge in [0.25, 0.3) is 0 Å². The van der Waals surface area contributed by atoms with Crippen molar-refractivity contribution in [2.45, 2.75) is 9.71 Å². The van der Waals surface area contributed by atoms with Gasteiger partial charge in [0.15, 0.2) is 3.61 Å². The van der Waals surface area contributed by atoms with Crippen LogP contribution < -0.4 is 0 Å². The second-order valence-electron chi connectivity index (χ2n) is 3.06. The van der Waals surface area contributed by atoms with Crippen LogP contribution in [0.4, 0.5) is 0 Å². The average Bonchev–Trinajstić information content (AvgIpc) is 2.13. The van der Waals surface area contributed by atoms with Gasteiger partial charge < -0.3 is 10.2 Å². The lowest BCUT2D eigenvalue weighted by Crippen LogP contribution is -2.34. The van der Waals surface area contributed by atoms with Crippen molar-refractivity contribution in [3.05, 3.63) is 41.5 Å². The molecule has 13 heavy (non-hydrogen) atoms. The molecule has 0 aliphatic heterocycles. The SMILES string of the molecule is OC1C=Cc2ccccc2C1(O)I. The van der Waals surface area contributed by atoms with E-state index in [2.05, 4.69) is 0 Å². The van der Waals surface area contributed by atoms with Crippen LogP contribution in [0.3, 0.4) is 0 Å². The van der Waals surface area contributed by atoms with Gasteiger partial charge in [-0.1, -0.05) is 36.4 Å². The number of hydrogen-bond acceptors (Lipinski definition) is 2. The maximum atomic E-state index is 9.98. The summed E-state index contributed by atoms with van der Waals surface area (Å²) in [6.07, 6.45) is 2.60. The summed E-state index contributed by atoms with van der Waals surface area (Å²) in [7, 11) is 0. The van der Waals surface area contributed by atoms with Gasteiger partial charge in [-0.25, -0.2) is 0 Å². The third kappa shape index (κ3) is 1.41. The molecule has 0 aromatic heterocycles. The number of halogens is 1. The summed E-state index contributed by atoms with van der Waals surface area (Å²) in [6.45, 7) is 0. The van der Waals surface area contributed by atoms with Gasteiger partial charge in [0.2, 0.25) is 0 Å². The van der Waals surface area contributed by atoms with Crippen LogP contribution in [0.25, 0.3) is 6.08 Å². The highest BCUT2D eigenvalue weighted by Crippen LogP contribution is 2.38. The van der Waals surface area contributed by atoms with E-state index in [0.29, 0.717) is 0 Å². The zero-order valence-electron chi connectivity index (χ0n) is 6.81. The monoisotopic (exact) mass is 288 g/mol. The van der Waals surface area contributed by atoms with Crippen molar-refractivity contribution in [1.82, 2.24) is 0 Å². The molecule has 1 aliphatic carbocycles. The van der Waals surface area contributed by atoms with E-state index >= 15 is 0 Å². The molecule has 1 aromatic carbocycles. The van der Waals surface area contributed by atoms with Gasteiger partial charge in [-0.3, -0.25) is 0 Å². The third-order valence-corrected chi connectivity index (χ3v) is 3.41. The van der Waals surface area contributed by atoms with Crippen LogP contribution in [-0.2, 0) is 3.61 Å². The summed E-state index contributed by atoms with van der Waals surface area (Å²) in [6, 6.07) is 7.51. The van der Waals surface area contributed by atoms with Gasteiger partial charge in [0, 0.05) is 5.56 Å². The fourth-order valence-corrected chi connectivity index (χ4v) is 2.14. The van der Waals surface area contributed by atoms with Crippen molar-refractivity contribution in [3.8, 4) is 0 Å². The third-order valence-electron chi connectivity index (χ3n) is 2.19. The molecule has 0 bridgehead atoms. The molecule has 0 fully saturated rings. The Morgan fingerprint density at radius 1 is 1.31 bits per heavy atom. The van der Waals surface area contributed by atoms with E-state index in [4.69, 9.17) is 0 Å². The Balaban J connectivity index is 2.61. The largest absolute Gasteiger partial charge is 0.385 e. The molecule has 0 heterocycles. The zero-order chi connectivity index (χ0) is 9.47. The summed E-state index contributed by atoms with van der Waals surface area (Å²) >= 11 is 1.86. The first kappa shape index (κ1) is 9.18. The summed E-state index contributed by atoms with van der Waals surface area (Å²) in [5, 5.41) is 19.5. The van der Waals surface area contributed by atoms with Crippen LogP contribution in [0.5, 0.6) is 0 Å². The van der Waals surface area contributed by atoms with Gasteiger partial charge in [0.05, 0.1) is 0 Å². The minimum atomic E-state index is -1.19. The van der Waals surface area contributed by atoms with E-state index in [1.807, 2.05) is 52.9 Å². The highest BCUT2D eigenvalue weighted by molar-refractivity contribution is 14.1. The van der Waals surface area contributed by atoms with E-state index in [9.17, 15) is 10.2 Å². The normalized spacial score (nSPS) is 31.5. The number of alkyl halides is 1. The van der Waals surface area contributed by atoms with Gasteiger partial charge in [-0.05, 0) is 28.2 Å². The Kier molecular flexibility index (Phi) is 2.17. The summed E-state index contributed by atoms with van der Waals surface area (Å²) in [5.74, 6) is 0. The smallest absolute Gasteiger partial charge is 0.170 e. The number of aliphatic hydroxyl groups excluding tert-OH is 1. The number of rotatable bonds is 0. The Morgan fingerprint density at radius 2 is 2.00 bits per heavy atom. The predicted octanol–water partition coefficient (Wildman–Crippen LogP) is 1.65. The van der Waals surface area contributed by atoms with Crippen LogP contribution in [0.1, 0.15) is 11.1 Å². The Bertz CT molecular complexity index is 358. The van der Waals surface area contributed by atoms with Crippen LogP contribution in [0.15, 0.2) is 30.3 Å². The number of fused-ring (bicyclic) bond motifs is 1. The minimum Gasteiger partial charge on any atom is -0.385 e. The molecule has 0 saturated heterocycles. The number of aliphatic hydroxyl groups is 2. The van der Waals surface area contributed by atoms with E-state index in [1.165, 1.54) is 0 Å². The van der Waals surface area contributed by atoms with Crippen molar-refractivity contribution in [2.75, 3.05) is 0 Å². The van der Waals surface area contributed by atoms with Crippen molar-refractivity contribution in [3.63, 3.8) is 0 Å². The van der Waals surface area contributed by atoms with Crippen LogP contribution in [0, 0.1) is 0 Å². The standard InChI is InChI=1S/C10H9IO2/c11-10(13)8-4-2-1-3-7(8)5-6-9(10)12/h1-6,9,12-13H. The number of benzene rings is 1. The second kappa shape index (κ2) is 3.08. The lowest BCUT2D eigenvalue weighted by molar-refractivity contribution is 0.0314. The fourth-order valence-electron chi connectivity index (χ4n) is 1.44. The van der Waals surface area contributed by atoms with Crippen LogP contribution in [0.2, 0.25) is 0 Å². The van der Waals surface area contributed by atoms with Crippen molar-refractivity contribution < 1.29 is 10.2 Å². The van der Waals surface area contributed by atoms with E-state index in [0.717, 1.165) is 11.1 Å². The average molecular weight is 288 g/mol. The Labute approximate surface area is 90.0 Å². The number of hydrogen-bond donors (Lipinski definition) is 2. The molecule has 2 N–H and O–H groups in total. The molecule has 1 aromatic rings. The molecule has 1 aliphatic rings. The maximum Gasteiger partial charge on any atom is 0.170 e. The molecule has 68 valence electrons. The quantitative estimate of drug-likeness (QED) is 0.563. The van der Waals surface area contributed by atoms with Crippen molar-refractivity contribution in [2.24, 2.45) is 0 Å². The summed E-state index contributed by atoms with van der Waals surface area (Å²) in [4.78, 5) is 0. The summed E-state index contributed by atoms with van der Waals surface area (Å²) < 4.78 is -1.19. The minimum absolute atomic E-state index is 0.769. The van der Waals surface area contributed by atoms with Gasteiger partial charge in [0.1, 0.15) is 6.10 Å². The first-order chi connectivity index (χ1) is 6.12. The molecule has 3 heteroatoms. The molecule has 2 rings (SSSR count). The Morgan fingerprint density at radius 3 is 2.77 bits per heavy atom. The van der Waals surface area contributed by atoms with Gasteiger partial charge >= 0.3 is 0 Å². The molecule has 0 amide bonds. The molecule has 2 nitrogen and oxygen atoms in total. The van der Waals surface area contributed by atoms with E-state index in [1.54, 1.807) is 6.08 Å². The Hall–Kier alpha value is -0.390. The zero-order valence-corrected chi connectivity index (χ0v) is 8.97. The molecule has 0 saturated carbocycles.